The fourth-order valence-corrected chi connectivity index (χ4v) is 8.79. The van der Waals surface area contributed by atoms with E-state index in [0.29, 0.717) is 25.4 Å². The number of carbonyl (C=O) groups excluding carboxylic acids is 3. The minimum atomic E-state index is -4.80. The van der Waals surface area contributed by atoms with E-state index < -0.39 is 63.7 Å². The minimum absolute atomic E-state index is 0.0133. The predicted octanol–water partition coefficient (Wildman–Crippen LogP) is 5.13. The van der Waals surface area contributed by atoms with Crippen molar-refractivity contribution in [1.29, 1.82) is 0 Å². The van der Waals surface area contributed by atoms with Gasteiger partial charge in [0, 0.05) is 21.4 Å². The number of para-hydroxylation sites is 1. The van der Waals surface area contributed by atoms with Crippen molar-refractivity contribution in [2.45, 2.75) is 28.9 Å². The van der Waals surface area contributed by atoms with Gasteiger partial charge in [0.05, 0.1) is 22.2 Å². The average molecular weight is 618 g/mol. The molecule has 0 unspecified atom stereocenters. The first-order valence-corrected chi connectivity index (χ1v) is 14.7. The number of fused-ring (bicyclic) bond motifs is 2. The Morgan fingerprint density at radius 2 is 1.71 bits per heavy atom. The summed E-state index contributed by atoms with van der Waals surface area (Å²) >= 11 is 3.08. The van der Waals surface area contributed by atoms with Gasteiger partial charge in [0.2, 0.25) is 17.7 Å². The summed E-state index contributed by atoms with van der Waals surface area (Å²) in [6.07, 6.45) is -4.80. The lowest BCUT2D eigenvalue weighted by molar-refractivity contribution is -0.137. The summed E-state index contributed by atoms with van der Waals surface area (Å²) in [6, 6.07) is 13.7. The second-order valence-electron chi connectivity index (χ2n) is 9.30. The molecule has 3 amide bonds. The number of amides is 3. The zero-order chi connectivity index (χ0) is 29.1. The molecular formula is C27H18F3N3O5S3. The van der Waals surface area contributed by atoms with Crippen molar-refractivity contribution in [3.05, 3.63) is 91.0 Å². The van der Waals surface area contributed by atoms with E-state index in [-0.39, 0.29) is 5.75 Å². The zero-order valence-electron chi connectivity index (χ0n) is 20.6. The highest BCUT2D eigenvalue weighted by atomic mass is 32.2. The lowest BCUT2D eigenvalue weighted by Crippen LogP contribution is -2.33. The first-order valence-electron chi connectivity index (χ1n) is 12.1. The minimum Gasteiger partial charge on any atom is -0.508 e. The molecule has 3 atom stereocenters. The number of nitrogens with one attached hydrogen (secondary N) is 1. The Kier molecular flexibility index (Phi) is 6.78. The van der Waals surface area contributed by atoms with Crippen molar-refractivity contribution in [1.82, 2.24) is 4.57 Å². The van der Waals surface area contributed by atoms with Crippen LogP contribution in [-0.4, -0.2) is 32.6 Å². The number of nitrogens with zero attached hydrogens (tertiary/aromatic N) is 2. The van der Waals surface area contributed by atoms with Crippen LogP contribution in [0.3, 0.4) is 0 Å². The van der Waals surface area contributed by atoms with Crippen LogP contribution >= 0.6 is 34.4 Å². The predicted molar refractivity (Wildman–Crippen MR) is 149 cm³/mol. The number of thioether (sulfide) groups is 1. The van der Waals surface area contributed by atoms with Gasteiger partial charge in [0.25, 0.3) is 0 Å². The van der Waals surface area contributed by atoms with Crippen molar-refractivity contribution in [2.24, 2.45) is 5.92 Å². The summed E-state index contributed by atoms with van der Waals surface area (Å²) in [5.74, 6) is -3.91. The van der Waals surface area contributed by atoms with Gasteiger partial charge in [0.15, 0.2) is 0 Å². The molecule has 4 heterocycles. The number of phenolic OH excluding ortho intramolecular Hbond substituents is 1. The Labute approximate surface area is 242 Å². The Balaban J connectivity index is 1.40. The maximum atomic E-state index is 13.8. The highest BCUT2D eigenvalue weighted by Crippen LogP contribution is 2.55. The molecule has 0 saturated carbocycles. The van der Waals surface area contributed by atoms with Crippen molar-refractivity contribution >= 4 is 63.5 Å². The van der Waals surface area contributed by atoms with Crippen LogP contribution in [0.4, 0.5) is 24.5 Å². The van der Waals surface area contributed by atoms with Crippen LogP contribution in [0.25, 0.3) is 0 Å². The second-order valence-corrected chi connectivity index (χ2v) is 12.4. The van der Waals surface area contributed by atoms with Crippen LogP contribution < -0.4 is 15.1 Å². The summed E-state index contributed by atoms with van der Waals surface area (Å²) in [5, 5.41) is 13.1. The molecule has 41 heavy (non-hydrogen) atoms. The third-order valence-corrected chi connectivity index (χ3v) is 10.4. The topological polar surface area (TPSA) is 109 Å². The van der Waals surface area contributed by atoms with E-state index in [4.69, 9.17) is 0 Å². The molecule has 14 heteroatoms. The van der Waals surface area contributed by atoms with E-state index in [0.717, 1.165) is 35.2 Å². The lowest BCUT2D eigenvalue weighted by Gasteiger charge is -2.29. The number of aromatic hydroxyl groups is 1. The number of hydrogen-bond acceptors (Lipinski definition) is 8. The number of rotatable bonds is 5. The fraction of sp³-hybridized carbons (Fsp3) is 0.185. The van der Waals surface area contributed by atoms with Gasteiger partial charge < -0.3 is 10.4 Å². The summed E-state index contributed by atoms with van der Waals surface area (Å²) < 4.78 is 42.8. The van der Waals surface area contributed by atoms with Gasteiger partial charge >= 0.3 is 11.0 Å². The monoisotopic (exact) mass is 617 g/mol. The van der Waals surface area contributed by atoms with Gasteiger partial charge in [-0.1, -0.05) is 41.3 Å². The molecule has 6 rings (SSSR count). The largest absolute Gasteiger partial charge is 0.508 e. The maximum absolute atomic E-state index is 13.8. The second kappa shape index (κ2) is 10.2. The lowest BCUT2D eigenvalue weighted by atomic mass is 9.87. The van der Waals surface area contributed by atoms with Crippen molar-refractivity contribution in [3.63, 3.8) is 0 Å². The number of hydrogen-bond donors (Lipinski definition) is 2. The molecule has 2 aromatic heterocycles. The van der Waals surface area contributed by atoms with Crippen LogP contribution in [0.2, 0.25) is 0 Å². The van der Waals surface area contributed by atoms with Crippen LogP contribution in [0, 0.1) is 5.92 Å². The number of aromatic nitrogens is 1. The third kappa shape index (κ3) is 4.75. The smallest absolute Gasteiger partial charge is 0.418 e. The van der Waals surface area contributed by atoms with E-state index in [9.17, 15) is 37.5 Å². The number of anilines is 2. The van der Waals surface area contributed by atoms with Gasteiger partial charge in [-0.05, 0) is 47.8 Å². The number of alkyl halides is 3. The summed E-state index contributed by atoms with van der Waals surface area (Å²) in [5.41, 5.74) is -1.25. The molecule has 0 bridgehead atoms. The summed E-state index contributed by atoms with van der Waals surface area (Å²) in [6.45, 7) is -0.393. The first kappa shape index (κ1) is 27.3. The van der Waals surface area contributed by atoms with Crippen LogP contribution in [0.15, 0.2) is 75.9 Å². The normalized spacial score (nSPS) is 20.2. The van der Waals surface area contributed by atoms with Gasteiger partial charge in [-0.3, -0.25) is 23.7 Å². The number of halogens is 3. The molecule has 2 aliphatic heterocycles. The highest BCUT2D eigenvalue weighted by molar-refractivity contribution is 8.00. The number of phenols is 1. The molecule has 8 nitrogen and oxygen atoms in total. The summed E-state index contributed by atoms with van der Waals surface area (Å²) in [7, 11) is 0. The SMILES string of the molecule is O=C(Cn1c2c(sc1=O)[C@@H](c1cccs1)[C@@H]1C(=O)N(c3ccccc3C(F)(F)F)C(=O)[C@@H]1S2)Nc1ccc(O)cc1. The number of benzene rings is 2. The molecule has 1 saturated heterocycles. The van der Waals surface area contributed by atoms with Crippen LogP contribution in [0.1, 0.15) is 21.2 Å². The number of imide groups is 1. The Bertz CT molecular complexity index is 1730. The third-order valence-electron chi connectivity index (χ3n) is 6.80. The fourth-order valence-electron chi connectivity index (χ4n) is 5.06. The molecule has 2 N–H and O–H groups in total. The van der Waals surface area contributed by atoms with Gasteiger partial charge in [0.1, 0.15) is 17.5 Å². The van der Waals surface area contributed by atoms with Gasteiger partial charge in [-0.2, -0.15) is 13.2 Å². The van der Waals surface area contributed by atoms with E-state index in [1.807, 2.05) is 0 Å². The molecule has 4 aromatic rings. The van der Waals surface area contributed by atoms with Gasteiger partial charge in [-0.15, -0.1) is 11.3 Å². The molecule has 0 aliphatic carbocycles. The standard InChI is InChI=1S/C27H18F3N3O5S3/c28-27(29,30)15-4-1-2-5-16(15)33-23(36)20-19(17-6-3-11-39-17)22-25(40-21(20)24(33)37)32(26(38)41-22)12-18(35)31-13-7-9-14(34)10-8-13/h1-11,19-21,34H,12H2,(H,31,35)/t19-,20-,21+/m0/s1. The number of carbonyl (C=O) groups is 3. The zero-order valence-corrected chi connectivity index (χ0v) is 23.1. The first-order chi connectivity index (χ1) is 19.5. The van der Waals surface area contributed by atoms with E-state index in [2.05, 4.69) is 5.32 Å². The molecular weight excluding hydrogens is 600 g/mol. The maximum Gasteiger partial charge on any atom is 0.418 e. The highest BCUT2D eigenvalue weighted by Gasteiger charge is 2.58. The van der Waals surface area contributed by atoms with Crippen molar-refractivity contribution in [3.8, 4) is 5.75 Å². The molecule has 2 aliphatic rings. The summed E-state index contributed by atoms with van der Waals surface area (Å²) in [4.78, 5) is 54.8. The Morgan fingerprint density at radius 3 is 2.39 bits per heavy atom. The molecule has 0 radical (unpaired) electrons. The molecule has 1 fully saturated rings. The quantitative estimate of drug-likeness (QED) is 0.238. The Hall–Kier alpha value is -3.88. The molecule has 210 valence electrons. The Morgan fingerprint density at radius 1 is 0.976 bits per heavy atom. The van der Waals surface area contributed by atoms with E-state index in [1.165, 1.54) is 52.3 Å². The van der Waals surface area contributed by atoms with E-state index >= 15 is 0 Å². The number of thiazole rings is 1. The van der Waals surface area contributed by atoms with Crippen molar-refractivity contribution < 1.29 is 32.7 Å². The van der Waals surface area contributed by atoms with Gasteiger partial charge in [-0.25, -0.2) is 4.90 Å². The number of thiophene rings is 1. The van der Waals surface area contributed by atoms with Crippen LogP contribution in [-0.2, 0) is 27.1 Å². The van der Waals surface area contributed by atoms with Crippen LogP contribution in [0.5, 0.6) is 5.75 Å². The van der Waals surface area contributed by atoms with Crippen molar-refractivity contribution in [2.75, 3.05) is 10.2 Å². The average Bonchev–Trinajstić information content (AvgIpc) is 3.62. The molecule has 2 aromatic carbocycles. The molecule has 0 spiro atoms. The van der Waals surface area contributed by atoms with E-state index in [1.54, 1.807) is 17.5 Å².